The van der Waals surface area contributed by atoms with Crippen molar-refractivity contribution in [3.63, 3.8) is 0 Å². The Bertz CT molecular complexity index is 628. The van der Waals surface area contributed by atoms with Gasteiger partial charge in [0.1, 0.15) is 12.4 Å². The highest BCUT2D eigenvalue weighted by molar-refractivity contribution is 9.10. The van der Waals surface area contributed by atoms with E-state index in [0.29, 0.717) is 24.5 Å². The van der Waals surface area contributed by atoms with E-state index in [4.69, 9.17) is 14.2 Å². The maximum atomic E-state index is 12.1. The molecule has 0 aliphatic heterocycles. The summed E-state index contributed by atoms with van der Waals surface area (Å²) in [6, 6.07) is 14.8. The van der Waals surface area contributed by atoms with Crippen LogP contribution in [0.4, 0.5) is 0 Å². The predicted molar refractivity (Wildman–Crippen MR) is 91.7 cm³/mol. The number of benzene rings is 2. The minimum atomic E-state index is -0.372. The quantitative estimate of drug-likeness (QED) is 0.509. The number of halogens is 1. The van der Waals surface area contributed by atoms with Crippen molar-refractivity contribution in [1.29, 1.82) is 0 Å². The van der Waals surface area contributed by atoms with Gasteiger partial charge in [0.2, 0.25) is 0 Å². The minimum Gasteiger partial charge on any atom is -0.492 e. The Kier molecular flexibility index (Phi) is 7.10. The Morgan fingerprint density at radius 1 is 1.09 bits per heavy atom. The summed E-state index contributed by atoms with van der Waals surface area (Å²) in [5.74, 6) is 0.248. The summed E-state index contributed by atoms with van der Waals surface area (Å²) in [6.45, 7) is 1.41. The third kappa shape index (κ3) is 5.69. The Labute approximate surface area is 144 Å². The van der Waals surface area contributed by atoms with Crippen LogP contribution < -0.4 is 4.74 Å². The zero-order chi connectivity index (χ0) is 16.5. The van der Waals surface area contributed by atoms with Crippen molar-refractivity contribution in [2.75, 3.05) is 20.3 Å². The number of carbonyl (C=O) groups is 1. The third-order valence-corrected chi connectivity index (χ3v) is 3.79. The van der Waals surface area contributed by atoms with Gasteiger partial charge in [-0.3, -0.25) is 0 Å². The van der Waals surface area contributed by atoms with E-state index in [1.165, 1.54) is 0 Å². The maximum Gasteiger partial charge on any atom is 0.338 e. The SMILES string of the molecule is COCCCOc1cc(C(=O)OCc2ccccc2)ccc1Br. The molecule has 0 fully saturated rings. The molecule has 0 aromatic heterocycles. The van der Waals surface area contributed by atoms with Crippen LogP contribution in [-0.4, -0.2) is 26.3 Å². The highest BCUT2D eigenvalue weighted by Gasteiger charge is 2.11. The summed E-state index contributed by atoms with van der Waals surface area (Å²) in [7, 11) is 1.65. The molecule has 2 aromatic carbocycles. The number of carbonyl (C=O) groups excluding carboxylic acids is 1. The highest BCUT2D eigenvalue weighted by Crippen LogP contribution is 2.26. The summed E-state index contributed by atoms with van der Waals surface area (Å²) in [5.41, 5.74) is 1.42. The fraction of sp³-hybridized carbons (Fsp3) is 0.278. The van der Waals surface area contributed by atoms with Gasteiger partial charge in [-0.25, -0.2) is 4.79 Å². The van der Waals surface area contributed by atoms with E-state index in [1.807, 2.05) is 30.3 Å². The van der Waals surface area contributed by atoms with Crippen molar-refractivity contribution in [2.24, 2.45) is 0 Å². The largest absolute Gasteiger partial charge is 0.492 e. The molecule has 5 heteroatoms. The van der Waals surface area contributed by atoms with E-state index in [0.717, 1.165) is 16.5 Å². The molecule has 122 valence electrons. The second kappa shape index (κ2) is 9.33. The lowest BCUT2D eigenvalue weighted by atomic mass is 10.2. The normalized spacial score (nSPS) is 10.3. The number of rotatable bonds is 8. The van der Waals surface area contributed by atoms with Crippen LogP contribution in [0, 0.1) is 0 Å². The van der Waals surface area contributed by atoms with E-state index in [1.54, 1.807) is 25.3 Å². The van der Waals surface area contributed by atoms with E-state index in [-0.39, 0.29) is 12.6 Å². The fourth-order valence-corrected chi connectivity index (χ4v) is 2.29. The lowest BCUT2D eigenvalue weighted by Gasteiger charge is -2.10. The first-order valence-corrected chi connectivity index (χ1v) is 8.12. The summed E-state index contributed by atoms with van der Waals surface area (Å²) in [6.07, 6.45) is 0.783. The highest BCUT2D eigenvalue weighted by atomic mass is 79.9. The standard InChI is InChI=1S/C18H19BrO4/c1-21-10-5-11-22-17-12-15(8-9-16(17)19)18(20)23-13-14-6-3-2-4-7-14/h2-4,6-9,12H,5,10-11,13H2,1H3. The van der Waals surface area contributed by atoms with Gasteiger partial charge in [-0.15, -0.1) is 0 Å². The molecule has 0 unspecified atom stereocenters. The van der Waals surface area contributed by atoms with Gasteiger partial charge in [0.25, 0.3) is 0 Å². The topological polar surface area (TPSA) is 44.8 Å². The molecule has 23 heavy (non-hydrogen) atoms. The van der Waals surface area contributed by atoms with E-state index >= 15 is 0 Å². The second-order valence-corrected chi connectivity index (χ2v) is 5.76. The molecular formula is C18H19BrO4. The number of hydrogen-bond donors (Lipinski definition) is 0. The van der Waals surface area contributed by atoms with Crippen LogP contribution in [0.25, 0.3) is 0 Å². The van der Waals surface area contributed by atoms with Gasteiger partial charge in [-0.05, 0) is 39.7 Å². The van der Waals surface area contributed by atoms with Crippen LogP contribution in [0.1, 0.15) is 22.3 Å². The molecule has 0 amide bonds. The smallest absolute Gasteiger partial charge is 0.338 e. The number of methoxy groups -OCH3 is 1. The molecule has 0 saturated carbocycles. The van der Waals surface area contributed by atoms with Crippen LogP contribution in [0.3, 0.4) is 0 Å². The molecule has 4 nitrogen and oxygen atoms in total. The van der Waals surface area contributed by atoms with E-state index in [2.05, 4.69) is 15.9 Å². The number of ether oxygens (including phenoxy) is 3. The predicted octanol–water partition coefficient (Wildman–Crippen LogP) is 4.22. The van der Waals surface area contributed by atoms with Crippen LogP contribution in [-0.2, 0) is 16.1 Å². The van der Waals surface area contributed by atoms with Crippen LogP contribution >= 0.6 is 15.9 Å². The van der Waals surface area contributed by atoms with Crippen molar-refractivity contribution >= 4 is 21.9 Å². The van der Waals surface area contributed by atoms with Gasteiger partial charge in [0.05, 0.1) is 16.6 Å². The van der Waals surface area contributed by atoms with Crippen LogP contribution in [0.15, 0.2) is 53.0 Å². The lowest BCUT2D eigenvalue weighted by Crippen LogP contribution is -2.07. The first-order valence-electron chi connectivity index (χ1n) is 7.33. The Hall–Kier alpha value is -1.85. The van der Waals surface area contributed by atoms with Crippen molar-refractivity contribution in [3.05, 3.63) is 64.1 Å². The lowest BCUT2D eigenvalue weighted by molar-refractivity contribution is 0.0472. The molecule has 0 saturated heterocycles. The average Bonchev–Trinajstić information content (AvgIpc) is 2.59. The Morgan fingerprint density at radius 3 is 2.61 bits per heavy atom. The summed E-state index contributed by atoms with van der Waals surface area (Å²) in [4.78, 5) is 12.1. The van der Waals surface area contributed by atoms with Crippen molar-refractivity contribution in [2.45, 2.75) is 13.0 Å². The average molecular weight is 379 g/mol. The van der Waals surface area contributed by atoms with E-state index < -0.39 is 0 Å². The molecule has 0 bridgehead atoms. The third-order valence-electron chi connectivity index (χ3n) is 3.13. The first-order chi connectivity index (χ1) is 11.2. The van der Waals surface area contributed by atoms with Crippen LogP contribution in [0.2, 0.25) is 0 Å². The summed E-state index contributed by atoms with van der Waals surface area (Å²) >= 11 is 3.42. The van der Waals surface area contributed by atoms with Gasteiger partial charge >= 0.3 is 5.97 Å². The first kappa shape index (κ1) is 17.5. The van der Waals surface area contributed by atoms with E-state index in [9.17, 15) is 4.79 Å². The van der Waals surface area contributed by atoms with Crippen molar-refractivity contribution in [3.8, 4) is 5.75 Å². The Morgan fingerprint density at radius 2 is 1.87 bits per heavy atom. The molecule has 0 spiro atoms. The molecule has 0 aliphatic rings. The van der Waals surface area contributed by atoms with Crippen LogP contribution in [0.5, 0.6) is 5.75 Å². The monoisotopic (exact) mass is 378 g/mol. The fourth-order valence-electron chi connectivity index (χ4n) is 1.93. The molecule has 2 aromatic rings. The van der Waals surface area contributed by atoms with Crippen molar-refractivity contribution in [1.82, 2.24) is 0 Å². The van der Waals surface area contributed by atoms with Gasteiger partial charge in [0, 0.05) is 20.1 Å². The summed E-state index contributed by atoms with van der Waals surface area (Å²) < 4.78 is 16.8. The zero-order valence-electron chi connectivity index (χ0n) is 13.0. The van der Waals surface area contributed by atoms with Crippen molar-refractivity contribution < 1.29 is 19.0 Å². The van der Waals surface area contributed by atoms with Gasteiger partial charge in [-0.1, -0.05) is 30.3 Å². The molecule has 0 heterocycles. The maximum absolute atomic E-state index is 12.1. The molecule has 2 rings (SSSR count). The van der Waals surface area contributed by atoms with Gasteiger partial charge < -0.3 is 14.2 Å². The minimum absolute atomic E-state index is 0.250. The molecule has 0 atom stereocenters. The molecule has 0 aliphatic carbocycles. The van der Waals surface area contributed by atoms with Gasteiger partial charge in [0.15, 0.2) is 0 Å². The summed E-state index contributed by atoms with van der Waals surface area (Å²) in [5, 5.41) is 0. The molecule has 0 radical (unpaired) electrons. The Balaban J connectivity index is 1.94. The second-order valence-electron chi connectivity index (χ2n) is 4.90. The number of esters is 1. The van der Waals surface area contributed by atoms with Gasteiger partial charge in [-0.2, -0.15) is 0 Å². The molecular weight excluding hydrogens is 360 g/mol. The zero-order valence-corrected chi connectivity index (χ0v) is 14.5. The molecule has 0 N–H and O–H groups in total. The number of hydrogen-bond acceptors (Lipinski definition) is 4.